The highest BCUT2D eigenvalue weighted by Gasteiger charge is 2.38. The standard InChI is InChI=1S/C9H16N4O4S/c10-1-6-12-13-9(18-6)11-4-3-17-5(2-14)8(16)7(4)15/h4-5,7-8,14-16H,1-3,10H2,(H,11,13)/t4-,5+,7+,8-/m0/s1. The molecule has 1 aliphatic heterocycles. The van der Waals surface area contributed by atoms with Crippen LogP contribution in [0.2, 0.25) is 0 Å². The second-order valence-corrected chi connectivity index (χ2v) is 5.05. The third-order valence-electron chi connectivity index (χ3n) is 2.76. The van der Waals surface area contributed by atoms with Crippen LogP contribution in [0.15, 0.2) is 0 Å². The van der Waals surface area contributed by atoms with E-state index in [0.29, 0.717) is 16.7 Å². The SMILES string of the molecule is NCc1nnc(N[C@H]2CO[C@H](CO)[C@H](O)[C@@H]2O)s1. The first kappa shape index (κ1) is 13.6. The van der Waals surface area contributed by atoms with Gasteiger partial charge in [0.25, 0.3) is 0 Å². The number of hydrogen-bond donors (Lipinski definition) is 5. The number of hydrogen-bond acceptors (Lipinski definition) is 9. The average molecular weight is 276 g/mol. The van der Waals surface area contributed by atoms with Crippen LogP contribution in [0.4, 0.5) is 5.13 Å². The molecule has 4 atom stereocenters. The molecule has 9 heteroatoms. The van der Waals surface area contributed by atoms with E-state index in [1.807, 2.05) is 0 Å². The van der Waals surface area contributed by atoms with E-state index in [0.717, 1.165) is 0 Å². The maximum absolute atomic E-state index is 9.89. The quantitative estimate of drug-likeness (QED) is 0.422. The Morgan fingerprint density at radius 2 is 2.17 bits per heavy atom. The largest absolute Gasteiger partial charge is 0.394 e. The molecule has 1 saturated heterocycles. The molecular formula is C9H16N4O4S. The fraction of sp³-hybridized carbons (Fsp3) is 0.778. The highest BCUT2D eigenvalue weighted by Crippen LogP contribution is 2.21. The predicted molar refractivity (Wildman–Crippen MR) is 64.1 cm³/mol. The lowest BCUT2D eigenvalue weighted by Crippen LogP contribution is -2.56. The van der Waals surface area contributed by atoms with Gasteiger partial charge in [-0.1, -0.05) is 11.3 Å². The molecule has 0 saturated carbocycles. The van der Waals surface area contributed by atoms with E-state index in [4.69, 9.17) is 15.6 Å². The number of anilines is 1. The number of nitrogens with zero attached hydrogens (tertiary/aromatic N) is 2. The molecule has 1 fully saturated rings. The molecule has 0 spiro atoms. The van der Waals surface area contributed by atoms with Crippen molar-refractivity contribution in [3.8, 4) is 0 Å². The van der Waals surface area contributed by atoms with E-state index >= 15 is 0 Å². The van der Waals surface area contributed by atoms with Gasteiger partial charge in [0, 0.05) is 6.54 Å². The maximum atomic E-state index is 9.89. The summed E-state index contributed by atoms with van der Waals surface area (Å²) in [6.45, 7) is 0.139. The second-order valence-electron chi connectivity index (χ2n) is 3.99. The molecule has 0 aromatic carbocycles. The van der Waals surface area contributed by atoms with Crippen LogP contribution in [-0.4, -0.2) is 63.1 Å². The Morgan fingerprint density at radius 3 is 2.78 bits per heavy atom. The van der Waals surface area contributed by atoms with E-state index in [1.165, 1.54) is 11.3 Å². The van der Waals surface area contributed by atoms with Crippen LogP contribution in [0.5, 0.6) is 0 Å². The molecular weight excluding hydrogens is 260 g/mol. The van der Waals surface area contributed by atoms with Gasteiger partial charge in [-0.3, -0.25) is 0 Å². The van der Waals surface area contributed by atoms with E-state index in [-0.39, 0.29) is 13.2 Å². The van der Waals surface area contributed by atoms with Gasteiger partial charge in [-0.15, -0.1) is 10.2 Å². The summed E-state index contributed by atoms with van der Waals surface area (Å²) in [5.41, 5.74) is 5.42. The average Bonchev–Trinajstić information content (AvgIpc) is 2.83. The monoisotopic (exact) mass is 276 g/mol. The Hall–Kier alpha value is -0.840. The zero-order chi connectivity index (χ0) is 13.1. The van der Waals surface area contributed by atoms with Crippen LogP contribution in [0.3, 0.4) is 0 Å². The van der Waals surface area contributed by atoms with Gasteiger partial charge in [-0.2, -0.15) is 0 Å². The normalized spacial score (nSPS) is 32.4. The smallest absolute Gasteiger partial charge is 0.206 e. The van der Waals surface area contributed by atoms with E-state index in [1.54, 1.807) is 0 Å². The van der Waals surface area contributed by atoms with Crippen LogP contribution >= 0.6 is 11.3 Å². The first-order valence-corrected chi connectivity index (χ1v) is 6.35. The lowest BCUT2D eigenvalue weighted by molar-refractivity contribution is -0.152. The molecule has 0 amide bonds. The second kappa shape index (κ2) is 5.87. The Balaban J connectivity index is 1.97. The van der Waals surface area contributed by atoms with Crippen molar-refractivity contribution in [3.05, 3.63) is 5.01 Å². The number of nitrogens with one attached hydrogen (secondary N) is 1. The minimum Gasteiger partial charge on any atom is -0.394 e. The van der Waals surface area contributed by atoms with Crippen LogP contribution in [0.25, 0.3) is 0 Å². The van der Waals surface area contributed by atoms with Crippen molar-refractivity contribution < 1.29 is 20.1 Å². The first-order valence-electron chi connectivity index (χ1n) is 5.53. The van der Waals surface area contributed by atoms with Gasteiger partial charge in [0.05, 0.1) is 19.3 Å². The van der Waals surface area contributed by atoms with Gasteiger partial charge in [0.2, 0.25) is 5.13 Å². The van der Waals surface area contributed by atoms with Crippen LogP contribution in [0, 0.1) is 0 Å². The molecule has 102 valence electrons. The third-order valence-corrected chi connectivity index (χ3v) is 3.64. The molecule has 0 aliphatic carbocycles. The molecule has 2 heterocycles. The van der Waals surface area contributed by atoms with Crippen molar-refractivity contribution in [3.63, 3.8) is 0 Å². The van der Waals surface area contributed by atoms with Crippen LogP contribution in [-0.2, 0) is 11.3 Å². The summed E-state index contributed by atoms with van der Waals surface area (Å²) in [6.07, 6.45) is -2.93. The molecule has 1 aromatic rings. The molecule has 2 rings (SSSR count). The van der Waals surface area contributed by atoms with Crippen LogP contribution < -0.4 is 11.1 Å². The van der Waals surface area contributed by atoms with Crippen molar-refractivity contribution in [1.29, 1.82) is 0 Å². The fourth-order valence-electron chi connectivity index (χ4n) is 1.72. The topological polar surface area (TPSA) is 134 Å². The van der Waals surface area contributed by atoms with E-state index in [9.17, 15) is 10.2 Å². The lowest BCUT2D eigenvalue weighted by atomic mass is 9.99. The summed E-state index contributed by atoms with van der Waals surface area (Å²) in [4.78, 5) is 0. The lowest BCUT2D eigenvalue weighted by Gasteiger charge is -2.36. The fourth-order valence-corrected chi connectivity index (χ4v) is 2.40. The summed E-state index contributed by atoms with van der Waals surface area (Å²) in [5.74, 6) is 0. The summed E-state index contributed by atoms with van der Waals surface area (Å²) in [6, 6.07) is -0.499. The number of aromatic nitrogens is 2. The van der Waals surface area contributed by atoms with E-state index in [2.05, 4.69) is 15.5 Å². The van der Waals surface area contributed by atoms with Crippen LogP contribution in [0.1, 0.15) is 5.01 Å². The molecule has 0 bridgehead atoms. The van der Waals surface area contributed by atoms with Crippen molar-refractivity contribution in [1.82, 2.24) is 10.2 Å². The molecule has 1 aromatic heterocycles. The number of aliphatic hydroxyl groups is 3. The van der Waals surface area contributed by atoms with Gasteiger partial charge in [0.15, 0.2) is 0 Å². The predicted octanol–water partition coefficient (Wildman–Crippen LogP) is -2.11. The zero-order valence-electron chi connectivity index (χ0n) is 9.56. The van der Waals surface area contributed by atoms with Gasteiger partial charge < -0.3 is 31.1 Å². The van der Waals surface area contributed by atoms with Crippen molar-refractivity contribution in [2.24, 2.45) is 5.73 Å². The third kappa shape index (κ3) is 2.76. The Morgan fingerprint density at radius 1 is 1.39 bits per heavy atom. The Kier molecular flexibility index (Phi) is 4.43. The highest BCUT2D eigenvalue weighted by atomic mass is 32.1. The molecule has 0 unspecified atom stereocenters. The van der Waals surface area contributed by atoms with Gasteiger partial charge >= 0.3 is 0 Å². The van der Waals surface area contributed by atoms with Gasteiger partial charge in [0.1, 0.15) is 23.3 Å². The highest BCUT2D eigenvalue weighted by molar-refractivity contribution is 7.15. The molecule has 0 radical (unpaired) electrons. The maximum Gasteiger partial charge on any atom is 0.206 e. The van der Waals surface area contributed by atoms with Gasteiger partial charge in [-0.05, 0) is 0 Å². The number of nitrogens with two attached hydrogens (primary N) is 1. The Labute approximate surface area is 107 Å². The van der Waals surface area contributed by atoms with E-state index < -0.39 is 24.4 Å². The number of aliphatic hydroxyl groups excluding tert-OH is 3. The summed E-state index contributed by atoms with van der Waals surface area (Å²) >= 11 is 1.28. The Bertz CT molecular complexity index is 390. The zero-order valence-corrected chi connectivity index (χ0v) is 10.4. The van der Waals surface area contributed by atoms with Crippen molar-refractivity contribution in [2.75, 3.05) is 18.5 Å². The van der Waals surface area contributed by atoms with Crippen molar-refractivity contribution in [2.45, 2.75) is 30.9 Å². The summed E-state index contributed by atoms with van der Waals surface area (Å²) in [5, 5.41) is 40.4. The minimum atomic E-state index is -1.14. The van der Waals surface area contributed by atoms with Crippen molar-refractivity contribution >= 4 is 16.5 Å². The molecule has 18 heavy (non-hydrogen) atoms. The molecule has 1 aliphatic rings. The molecule has 8 nitrogen and oxygen atoms in total. The summed E-state index contributed by atoms with van der Waals surface area (Å²) in [7, 11) is 0. The summed E-state index contributed by atoms with van der Waals surface area (Å²) < 4.78 is 5.24. The first-order chi connectivity index (χ1) is 8.65. The van der Waals surface area contributed by atoms with Gasteiger partial charge in [-0.25, -0.2) is 0 Å². The minimum absolute atomic E-state index is 0.168. The number of ether oxygens (including phenoxy) is 1. The molecule has 6 N–H and O–H groups in total. The number of rotatable bonds is 4.